The number of hydrogen-bond acceptors (Lipinski definition) is 6. The Kier molecular flexibility index (Phi) is 6.58. The summed E-state index contributed by atoms with van der Waals surface area (Å²) in [5, 5.41) is 9.32. The number of benzene rings is 2. The number of nitrogens with zero attached hydrogens (tertiary/aromatic N) is 1. The van der Waals surface area contributed by atoms with Crippen LogP contribution < -0.4 is 15.2 Å². The van der Waals surface area contributed by atoms with Gasteiger partial charge in [-0.25, -0.2) is 13.6 Å². The molecule has 2 aromatic carbocycles. The predicted octanol–water partition coefficient (Wildman–Crippen LogP) is 6.45. The number of aromatic nitrogens is 1. The van der Waals surface area contributed by atoms with E-state index in [9.17, 15) is 18.7 Å². The first-order valence-electron chi connectivity index (χ1n) is 10.2. The van der Waals surface area contributed by atoms with Gasteiger partial charge < -0.3 is 20.3 Å². The van der Waals surface area contributed by atoms with E-state index in [1.807, 2.05) is 37.3 Å². The number of thiophene rings is 1. The van der Waals surface area contributed by atoms with Crippen molar-refractivity contribution in [2.24, 2.45) is 5.73 Å². The quantitative estimate of drug-likeness (QED) is 0.314. The van der Waals surface area contributed by atoms with Gasteiger partial charge in [-0.15, -0.1) is 11.3 Å². The molecule has 0 unspecified atom stereocenters. The van der Waals surface area contributed by atoms with Crippen LogP contribution in [-0.4, -0.2) is 16.1 Å². The molecular formula is C25H20F2N2O4S. The fourth-order valence-corrected chi connectivity index (χ4v) is 4.14. The minimum atomic E-state index is -1.22. The highest BCUT2D eigenvalue weighted by molar-refractivity contribution is 7.14. The summed E-state index contributed by atoms with van der Waals surface area (Å²) in [6.07, 6.45) is 0. The molecule has 174 valence electrons. The van der Waals surface area contributed by atoms with Gasteiger partial charge in [-0.2, -0.15) is 4.98 Å². The Morgan fingerprint density at radius 1 is 1.00 bits per heavy atom. The summed E-state index contributed by atoms with van der Waals surface area (Å²) in [4.78, 5) is 15.8. The minimum absolute atomic E-state index is 0.0865. The average molecular weight is 483 g/mol. The molecule has 0 aliphatic heterocycles. The van der Waals surface area contributed by atoms with Crippen molar-refractivity contribution < 1.29 is 28.2 Å². The van der Waals surface area contributed by atoms with Crippen LogP contribution in [0.15, 0.2) is 54.6 Å². The lowest BCUT2D eigenvalue weighted by Crippen LogP contribution is -2.01. The van der Waals surface area contributed by atoms with Gasteiger partial charge in [0.25, 0.3) is 11.8 Å². The van der Waals surface area contributed by atoms with Crippen molar-refractivity contribution in [3.05, 3.63) is 87.1 Å². The van der Waals surface area contributed by atoms with Gasteiger partial charge in [0.15, 0.2) is 22.3 Å². The number of rotatable bonds is 7. The maximum absolute atomic E-state index is 14.5. The van der Waals surface area contributed by atoms with Gasteiger partial charge in [-0.3, -0.25) is 0 Å². The Hall–Kier alpha value is -3.82. The monoisotopic (exact) mass is 482 g/mol. The lowest BCUT2D eigenvalue weighted by molar-refractivity contribution is 0.0699. The molecule has 6 nitrogen and oxygen atoms in total. The Morgan fingerprint density at radius 2 is 1.74 bits per heavy atom. The van der Waals surface area contributed by atoms with Gasteiger partial charge in [0.2, 0.25) is 0 Å². The highest BCUT2D eigenvalue weighted by Gasteiger charge is 2.21. The number of aryl methyl sites for hydroxylation is 2. The summed E-state index contributed by atoms with van der Waals surface area (Å²) >= 11 is 0.973. The molecule has 34 heavy (non-hydrogen) atoms. The highest BCUT2D eigenvalue weighted by atomic mass is 32.1. The zero-order valence-electron chi connectivity index (χ0n) is 18.3. The maximum atomic E-state index is 14.5. The number of carboxylic acid groups (broad SMARTS) is 1. The molecule has 3 N–H and O–H groups in total. The summed E-state index contributed by atoms with van der Waals surface area (Å²) < 4.78 is 39.9. The number of nitrogens with two attached hydrogens (primary N) is 1. The Balaban J connectivity index is 1.67. The van der Waals surface area contributed by atoms with Gasteiger partial charge >= 0.3 is 5.97 Å². The second-order valence-electron chi connectivity index (χ2n) is 7.56. The van der Waals surface area contributed by atoms with E-state index in [1.165, 1.54) is 6.07 Å². The van der Waals surface area contributed by atoms with Crippen molar-refractivity contribution in [2.75, 3.05) is 0 Å². The third-order valence-corrected chi connectivity index (χ3v) is 5.87. The average Bonchev–Trinajstić information content (AvgIpc) is 3.17. The molecule has 0 saturated heterocycles. The summed E-state index contributed by atoms with van der Waals surface area (Å²) in [6.45, 7) is 3.94. The topological polar surface area (TPSA) is 94.7 Å². The number of carbonyl (C=O) groups is 1. The van der Waals surface area contributed by atoms with Gasteiger partial charge in [0.1, 0.15) is 5.75 Å². The molecule has 0 spiro atoms. The summed E-state index contributed by atoms with van der Waals surface area (Å²) in [7, 11) is 0. The van der Waals surface area contributed by atoms with Gasteiger partial charge in [-0.1, -0.05) is 24.3 Å². The zero-order valence-corrected chi connectivity index (χ0v) is 19.1. The minimum Gasteiger partial charge on any atom is -0.477 e. The van der Waals surface area contributed by atoms with Gasteiger partial charge in [-0.05, 0) is 60.4 Å². The van der Waals surface area contributed by atoms with Crippen molar-refractivity contribution >= 4 is 17.3 Å². The van der Waals surface area contributed by atoms with E-state index in [2.05, 4.69) is 4.98 Å². The molecule has 0 amide bonds. The summed E-state index contributed by atoms with van der Waals surface area (Å²) in [5.41, 5.74) is 9.27. The van der Waals surface area contributed by atoms with Crippen molar-refractivity contribution in [2.45, 2.75) is 20.4 Å². The normalized spacial score (nSPS) is 10.9. The van der Waals surface area contributed by atoms with Gasteiger partial charge in [0, 0.05) is 17.5 Å². The number of hydrogen-bond donors (Lipinski definition) is 2. The lowest BCUT2D eigenvalue weighted by atomic mass is 10.0. The van der Waals surface area contributed by atoms with Crippen molar-refractivity contribution in [1.29, 1.82) is 0 Å². The van der Waals surface area contributed by atoms with Gasteiger partial charge in [0.05, 0.1) is 0 Å². The molecule has 2 aromatic heterocycles. The smallest absolute Gasteiger partial charge is 0.349 e. The van der Waals surface area contributed by atoms with E-state index in [0.717, 1.165) is 33.6 Å². The molecule has 0 bridgehead atoms. The molecular weight excluding hydrogens is 462 g/mol. The molecule has 4 aromatic rings. The number of halogens is 2. The Bertz CT molecular complexity index is 1390. The molecule has 9 heteroatoms. The van der Waals surface area contributed by atoms with Crippen LogP contribution in [0.5, 0.6) is 23.3 Å². The molecule has 2 heterocycles. The van der Waals surface area contributed by atoms with E-state index in [1.54, 1.807) is 19.1 Å². The first kappa shape index (κ1) is 23.3. The van der Waals surface area contributed by atoms with E-state index in [0.29, 0.717) is 17.5 Å². The van der Waals surface area contributed by atoms with Crippen molar-refractivity contribution in [3.63, 3.8) is 0 Å². The number of aromatic carboxylic acids is 1. The third-order valence-electron chi connectivity index (χ3n) is 4.85. The second kappa shape index (κ2) is 9.58. The second-order valence-corrected chi connectivity index (χ2v) is 8.82. The predicted molar refractivity (Wildman–Crippen MR) is 125 cm³/mol. The van der Waals surface area contributed by atoms with Crippen LogP contribution in [0.1, 0.15) is 25.7 Å². The number of carboxylic acids is 1. The highest BCUT2D eigenvalue weighted by Crippen LogP contribution is 2.36. The number of pyridine rings is 1. The first-order chi connectivity index (χ1) is 16.2. The van der Waals surface area contributed by atoms with E-state index in [4.69, 9.17) is 15.2 Å². The molecule has 0 aliphatic rings. The van der Waals surface area contributed by atoms with Crippen molar-refractivity contribution in [1.82, 2.24) is 4.98 Å². The Labute approximate surface area is 198 Å². The number of ether oxygens (including phenoxy) is 2. The zero-order chi connectivity index (χ0) is 24.4. The molecule has 4 rings (SSSR count). The fourth-order valence-electron chi connectivity index (χ4n) is 3.36. The largest absolute Gasteiger partial charge is 0.477 e. The third kappa shape index (κ3) is 5.05. The van der Waals surface area contributed by atoms with E-state index < -0.39 is 29.4 Å². The van der Waals surface area contributed by atoms with E-state index in [-0.39, 0.29) is 16.4 Å². The van der Waals surface area contributed by atoms with Crippen molar-refractivity contribution in [3.8, 4) is 34.4 Å². The fraction of sp³-hybridized carbons (Fsp3) is 0.120. The Morgan fingerprint density at radius 3 is 2.44 bits per heavy atom. The van der Waals surface area contributed by atoms with Crippen LogP contribution in [0, 0.1) is 25.5 Å². The van der Waals surface area contributed by atoms with Crippen LogP contribution in [0.25, 0.3) is 11.1 Å². The van der Waals surface area contributed by atoms with Crippen LogP contribution in [0.2, 0.25) is 0 Å². The standard InChI is InChI=1S/C25H20F2N2O4S/c1-13-6-17(16-5-3-4-15(9-16)12-28)10-18(7-13)32-23-19(26)11-20(27)24(29-23)33-21-8-14(2)34-22(21)25(30)31/h3-11H,12,28H2,1-2H3,(H,30,31). The maximum Gasteiger partial charge on any atom is 0.349 e. The van der Waals surface area contributed by atoms with Crippen LogP contribution >= 0.6 is 11.3 Å². The first-order valence-corrected chi connectivity index (χ1v) is 11.0. The van der Waals surface area contributed by atoms with Crippen LogP contribution in [-0.2, 0) is 6.54 Å². The molecule has 0 fully saturated rings. The lowest BCUT2D eigenvalue weighted by Gasteiger charge is -2.12. The van der Waals surface area contributed by atoms with Crippen LogP contribution in [0.3, 0.4) is 0 Å². The van der Waals surface area contributed by atoms with E-state index >= 15 is 0 Å². The molecule has 0 saturated carbocycles. The SMILES string of the molecule is Cc1cc(Oc2nc(Oc3cc(C)sc3C(=O)O)c(F)cc2F)cc(-c2cccc(CN)c2)c1. The van der Waals surface area contributed by atoms with Crippen LogP contribution in [0.4, 0.5) is 8.78 Å². The molecule has 0 aliphatic carbocycles. The summed E-state index contributed by atoms with van der Waals surface area (Å²) in [6, 6.07) is 15.0. The molecule has 0 radical (unpaired) electrons. The summed E-state index contributed by atoms with van der Waals surface area (Å²) in [5.74, 6) is -4.25. The molecule has 0 atom stereocenters.